The molecule has 0 aromatic rings. The molecule has 1 aliphatic rings. The number of carboxylic acid groups (broad SMARTS) is 2. The second-order valence-corrected chi connectivity index (χ2v) is 6.58. The highest BCUT2D eigenvalue weighted by Gasteiger charge is 2.38. The van der Waals surface area contributed by atoms with Crippen LogP contribution < -0.4 is 0 Å². The maximum Gasteiger partial charge on any atom is 0.330 e. The molecule has 0 radical (unpaired) electrons. The molecule has 0 amide bonds. The lowest BCUT2D eigenvalue weighted by molar-refractivity contribution is -0.133. The van der Waals surface area contributed by atoms with Crippen molar-refractivity contribution >= 4 is 11.9 Å². The Morgan fingerprint density at radius 3 is 1.48 bits per heavy atom. The Kier molecular flexibility index (Phi) is 13.9. The minimum atomic E-state index is -0.935. The number of aliphatic carboxylic acids is 2. The molecule has 0 bridgehead atoms. The maximum absolute atomic E-state index is 9.60. The molecule has 0 heterocycles. The highest BCUT2D eigenvalue weighted by atomic mass is 16.4. The van der Waals surface area contributed by atoms with E-state index < -0.39 is 11.9 Å². The highest BCUT2D eigenvalue weighted by molar-refractivity contribution is 5.85. The van der Waals surface area contributed by atoms with Gasteiger partial charge in [0.25, 0.3) is 0 Å². The normalized spacial score (nSPS) is 13.8. The number of aliphatic hydroxyl groups excluding tert-OH is 2. The van der Waals surface area contributed by atoms with Gasteiger partial charge in [-0.15, -0.1) is 0 Å². The predicted molar refractivity (Wildman–Crippen MR) is 98.4 cm³/mol. The summed E-state index contributed by atoms with van der Waals surface area (Å²) >= 11 is 0. The topological polar surface area (TPSA) is 115 Å². The lowest BCUT2D eigenvalue weighted by Gasteiger charge is -2.35. The van der Waals surface area contributed by atoms with Crippen LogP contribution in [0.5, 0.6) is 0 Å². The summed E-state index contributed by atoms with van der Waals surface area (Å²) in [6.45, 7) is 11.6. The summed E-state index contributed by atoms with van der Waals surface area (Å²) in [5, 5.41) is 34.6. The van der Waals surface area contributed by atoms with Crippen LogP contribution >= 0.6 is 0 Å². The lowest BCUT2D eigenvalue weighted by atomic mass is 9.72. The first kappa shape index (κ1) is 25.6. The molecule has 1 aliphatic carbocycles. The van der Waals surface area contributed by atoms with Crippen LogP contribution in [0.15, 0.2) is 24.3 Å². The molecule has 6 heteroatoms. The van der Waals surface area contributed by atoms with E-state index in [4.69, 9.17) is 10.2 Å². The fourth-order valence-corrected chi connectivity index (χ4v) is 2.71. The van der Waals surface area contributed by atoms with Gasteiger partial charge in [0.1, 0.15) is 0 Å². The number of hydrogen-bond acceptors (Lipinski definition) is 4. The summed E-state index contributed by atoms with van der Waals surface area (Å²) in [6.07, 6.45) is 6.96. The molecular weight excluding hydrogens is 324 g/mol. The van der Waals surface area contributed by atoms with E-state index in [1.807, 2.05) is 0 Å². The van der Waals surface area contributed by atoms with Crippen LogP contribution in [0.3, 0.4) is 0 Å². The Morgan fingerprint density at radius 1 is 0.960 bits per heavy atom. The standard InChI is InChI=1S/C11H22O2.2C4H6O2/c1-2-7-11(8-12,9-13)10-5-3-4-6-10;2*1-3(2)4(5)6/h10,12-13H,2-9H2,1H3;2*1H2,2H3,(H,5,6). The molecule has 0 atom stereocenters. The van der Waals surface area contributed by atoms with Gasteiger partial charge in [-0.05, 0) is 39.0 Å². The van der Waals surface area contributed by atoms with Crippen molar-refractivity contribution in [3.63, 3.8) is 0 Å². The lowest BCUT2D eigenvalue weighted by Crippen LogP contribution is -2.36. The van der Waals surface area contributed by atoms with Crippen molar-refractivity contribution in [1.29, 1.82) is 0 Å². The van der Waals surface area contributed by atoms with Gasteiger partial charge in [-0.25, -0.2) is 9.59 Å². The molecule has 1 rings (SSSR count). The zero-order chi connectivity index (χ0) is 20.0. The zero-order valence-corrected chi connectivity index (χ0v) is 15.8. The molecule has 4 N–H and O–H groups in total. The van der Waals surface area contributed by atoms with E-state index in [1.54, 1.807) is 0 Å². The van der Waals surface area contributed by atoms with E-state index in [9.17, 15) is 19.8 Å². The number of carbonyl (C=O) groups is 2. The van der Waals surface area contributed by atoms with Crippen molar-refractivity contribution in [1.82, 2.24) is 0 Å². The second-order valence-electron chi connectivity index (χ2n) is 6.58. The molecule has 6 nitrogen and oxygen atoms in total. The Morgan fingerprint density at radius 2 is 1.28 bits per heavy atom. The molecule has 146 valence electrons. The molecular formula is C19H34O6. The van der Waals surface area contributed by atoms with Gasteiger partial charge in [0.05, 0.1) is 13.2 Å². The Labute approximate surface area is 150 Å². The summed E-state index contributed by atoms with van der Waals surface area (Å²) in [6, 6.07) is 0. The van der Waals surface area contributed by atoms with Crippen molar-refractivity contribution in [3.8, 4) is 0 Å². The largest absolute Gasteiger partial charge is 0.478 e. The van der Waals surface area contributed by atoms with Gasteiger partial charge in [-0.2, -0.15) is 0 Å². The summed E-state index contributed by atoms with van der Waals surface area (Å²) in [7, 11) is 0. The number of carboxylic acids is 2. The van der Waals surface area contributed by atoms with Gasteiger partial charge in [0.2, 0.25) is 0 Å². The van der Waals surface area contributed by atoms with Crippen molar-refractivity contribution in [3.05, 3.63) is 24.3 Å². The minimum absolute atomic E-state index is 0.155. The quantitative estimate of drug-likeness (QED) is 0.519. The Bertz CT molecular complexity index is 383. The number of aliphatic hydroxyl groups is 2. The predicted octanol–water partition coefficient (Wildman–Crippen LogP) is 3.24. The molecule has 0 unspecified atom stereocenters. The fraction of sp³-hybridized carbons (Fsp3) is 0.684. The van der Waals surface area contributed by atoms with E-state index in [-0.39, 0.29) is 29.8 Å². The molecule has 0 aliphatic heterocycles. The van der Waals surface area contributed by atoms with Crippen LogP contribution in [0, 0.1) is 11.3 Å². The van der Waals surface area contributed by atoms with Crippen LogP contribution in [0.1, 0.15) is 59.3 Å². The third-order valence-electron chi connectivity index (χ3n) is 4.33. The molecule has 0 spiro atoms. The van der Waals surface area contributed by atoms with Gasteiger partial charge in [0, 0.05) is 16.6 Å². The van der Waals surface area contributed by atoms with Crippen molar-refractivity contribution in [2.75, 3.05) is 13.2 Å². The number of hydrogen-bond donors (Lipinski definition) is 4. The highest BCUT2D eigenvalue weighted by Crippen LogP contribution is 2.42. The monoisotopic (exact) mass is 358 g/mol. The first-order chi connectivity index (χ1) is 11.6. The smallest absolute Gasteiger partial charge is 0.330 e. The van der Waals surface area contributed by atoms with Gasteiger partial charge >= 0.3 is 11.9 Å². The first-order valence-corrected chi connectivity index (χ1v) is 8.57. The van der Waals surface area contributed by atoms with Gasteiger partial charge in [0.15, 0.2) is 0 Å². The molecule has 0 aromatic heterocycles. The van der Waals surface area contributed by atoms with Crippen LogP contribution in [0.4, 0.5) is 0 Å². The van der Waals surface area contributed by atoms with Gasteiger partial charge < -0.3 is 20.4 Å². The zero-order valence-electron chi connectivity index (χ0n) is 15.8. The van der Waals surface area contributed by atoms with Crippen LogP contribution in [-0.4, -0.2) is 45.6 Å². The summed E-state index contributed by atoms with van der Waals surface area (Å²) in [5.74, 6) is -1.31. The Balaban J connectivity index is 0. The maximum atomic E-state index is 9.60. The van der Waals surface area contributed by atoms with Gasteiger partial charge in [-0.1, -0.05) is 39.3 Å². The van der Waals surface area contributed by atoms with E-state index in [1.165, 1.54) is 39.5 Å². The van der Waals surface area contributed by atoms with E-state index in [0.717, 1.165) is 12.8 Å². The van der Waals surface area contributed by atoms with Crippen molar-refractivity contribution in [2.45, 2.75) is 59.3 Å². The average molecular weight is 358 g/mol. The van der Waals surface area contributed by atoms with Crippen molar-refractivity contribution < 1.29 is 30.0 Å². The molecule has 0 aromatic carbocycles. The van der Waals surface area contributed by atoms with Crippen LogP contribution in [0.25, 0.3) is 0 Å². The number of rotatable bonds is 7. The fourth-order valence-electron chi connectivity index (χ4n) is 2.71. The average Bonchev–Trinajstić information content (AvgIpc) is 3.08. The second kappa shape index (κ2) is 13.6. The molecule has 1 fully saturated rings. The van der Waals surface area contributed by atoms with Crippen LogP contribution in [-0.2, 0) is 9.59 Å². The summed E-state index contributed by atoms with van der Waals surface area (Å²) in [4.78, 5) is 19.2. The van der Waals surface area contributed by atoms with E-state index in [0.29, 0.717) is 5.92 Å². The molecule has 0 saturated heterocycles. The van der Waals surface area contributed by atoms with E-state index in [2.05, 4.69) is 20.1 Å². The molecule has 25 heavy (non-hydrogen) atoms. The Hall–Kier alpha value is -1.66. The van der Waals surface area contributed by atoms with E-state index >= 15 is 0 Å². The first-order valence-electron chi connectivity index (χ1n) is 8.57. The van der Waals surface area contributed by atoms with Gasteiger partial charge in [-0.3, -0.25) is 0 Å². The van der Waals surface area contributed by atoms with Crippen LogP contribution in [0.2, 0.25) is 0 Å². The summed E-state index contributed by atoms with van der Waals surface area (Å²) < 4.78 is 0. The molecule has 1 saturated carbocycles. The minimum Gasteiger partial charge on any atom is -0.478 e. The third-order valence-corrected chi connectivity index (χ3v) is 4.33. The van der Waals surface area contributed by atoms with Crippen molar-refractivity contribution in [2.24, 2.45) is 11.3 Å². The third kappa shape index (κ3) is 10.7. The SMILES string of the molecule is C=C(C)C(=O)O.C=C(C)C(=O)O.CCCC(CO)(CO)C1CCCC1. The summed E-state index contributed by atoms with van der Waals surface area (Å²) in [5.41, 5.74) is 0.177.